The highest BCUT2D eigenvalue weighted by Gasteiger charge is 2.26. The van der Waals surface area contributed by atoms with Crippen molar-refractivity contribution in [3.63, 3.8) is 0 Å². The molecule has 96 valence electrons. The first-order chi connectivity index (χ1) is 8.16. The minimum Gasteiger partial charge on any atom is -0.480 e. The molecule has 17 heavy (non-hydrogen) atoms. The van der Waals surface area contributed by atoms with Crippen LogP contribution in [0.5, 0.6) is 5.88 Å². The molecule has 1 aromatic rings. The van der Waals surface area contributed by atoms with Gasteiger partial charge in [-0.05, 0) is 12.8 Å². The predicted molar refractivity (Wildman–Crippen MR) is 70.4 cm³/mol. The number of ether oxygens (including phenoxy) is 1. The first-order valence-electron chi connectivity index (χ1n) is 6.52. The molecule has 0 aliphatic heterocycles. The van der Waals surface area contributed by atoms with Gasteiger partial charge in [0.1, 0.15) is 0 Å². The Labute approximate surface area is 105 Å². The van der Waals surface area contributed by atoms with E-state index in [4.69, 9.17) is 4.74 Å². The van der Waals surface area contributed by atoms with Crippen LogP contribution in [0.25, 0.3) is 0 Å². The number of hydrogen-bond acceptors (Lipinski definition) is 3. The van der Waals surface area contributed by atoms with Gasteiger partial charge in [-0.25, -0.2) is 4.98 Å². The topological polar surface area (TPSA) is 35.0 Å². The Balaban J connectivity index is 2.82. The second kappa shape index (κ2) is 6.58. The molecule has 1 rings (SSSR count). The van der Waals surface area contributed by atoms with E-state index in [-0.39, 0.29) is 5.41 Å². The van der Waals surface area contributed by atoms with E-state index in [1.807, 2.05) is 6.20 Å². The highest BCUT2D eigenvalue weighted by atomic mass is 16.5. The van der Waals surface area contributed by atoms with Gasteiger partial charge < -0.3 is 4.74 Å². The number of methoxy groups -OCH3 is 1. The van der Waals surface area contributed by atoms with E-state index in [2.05, 4.69) is 30.7 Å². The van der Waals surface area contributed by atoms with Crippen LogP contribution in [-0.4, -0.2) is 17.1 Å². The van der Waals surface area contributed by atoms with Gasteiger partial charge in [0.25, 0.3) is 0 Å². The molecule has 1 atom stereocenters. The van der Waals surface area contributed by atoms with Gasteiger partial charge in [-0.15, -0.1) is 0 Å². The summed E-state index contributed by atoms with van der Waals surface area (Å²) in [5.74, 6) is 0.609. The maximum atomic E-state index is 5.15. The molecule has 0 N–H and O–H groups in total. The molecule has 3 nitrogen and oxygen atoms in total. The van der Waals surface area contributed by atoms with E-state index in [9.17, 15) is 0 Å². The zero-order valence-electron chi connectivity index (χ0n) is 11.5. The van der Waals surface area contributed by atoms with E-state index in [1.165, 1.54) is 25.7 Å². The molecule has 0 aliphatic carbocycles. The summed E-state index contributed by atoms with van der Waals surface area (Å²) < 4.78 is 5.15. The summed E-state index contributed by atoms with van der Waals surface area (Å²) in [6, 6.07) is 0. The second-order valence-corrected chi connectivity index (χ2v) is 4.82. The van der Waals surface area contributed by atoms with Gasteiger partial charge in [0.15, 0.2) is 0 Å². The first-order valence-corrected chi connectivity index (χ1v) is 6.52. The van der Waals surface area contributed by atoms with Gasteiger partial charge in [0, 0.05) is 11.6 Å². The van der Waals surface area contributed by atoms with Crippen molar-refractivity contribution in [1.29, 1.82) is 0 Å². The summed E-state index contributed by atoms with van der Waals surface area (Å²) in [7, 11) is 1.63. The van der Waals surface area contributed by atoms with Crippen LogP contribution in [0.2, 0.25) is 0 Å². The van der Waals surface area contributed by atoms with Crippen LogP contribution < -0.4 is 4.74 Å². The third-order valence-corrected chi connectivity index (χ3v) is 3.55. The van der Waals surface area contributed by atoms with Gasteiger partial charge in [0.05, 0.1) is 19.0 Å². The number of hydrogen-bond donors (Lipinski definition) is 0. The summed E-state index contributed by atoms with van der Waals surface area (Å²) in [5.41, 5.74) is 1.17. The zero-order chi connectivity index (χ0) is 12.7. The second-order valence-electron chi connectivity index (χ2n) is 4.82. The molecule has 0 amide bonds. The Morgan fingerprint density at radius 3 is 2.59 bits per heavy atom. The van der Waals surface area contributed by atoms with Crippen molar-refractivity contribution >= 4 is 0 Å². The molecular weight excluding hydrogens is 212 g/mol. The van der Waals surface area contributed by atoms with Gasteiger partial charge in [0.2, 0.25) is 5.88 Å². The Kier molecular flexibility index (Phi) is 5.39. The van der Waals surface area contributed by atoms with Crippen LogP contribution in [0.4, 0.5) is 0 Å². The average molecular weight is 236 g/mol. The van der Waals surface area contributed by atoms with Crippen molar-refractivity contribution in [2.75, 3.05) is 7.11 Å². The smallest absolute Gasteiger partial charge is 0.232 e. The Morgan fingerprint density at radius 2 is 2.00 bits per heavy atom. The third kappa shape index (κ3) is 3.69. The molecule has 1 heterocycles. The number of rotatable bonds is 7. The van der Waals surface area contributed by atoms with Gasteiger partial charge in [-0.1, -0.05) is 40.0 Å². The number of unbranched alkanes of at least 4 members (excludes halogenated alkanes) is 2. The highest BCUT2D eigenvalue weighted by molar-refractivity contribution is 5.16. The van der Waals surface area contributed by atoms with E-state index in [0.29, 0.717) is 5.88 Å². The van der Waals surface area contributed by atoms with Crippen LogP contribution in [0.3, 0.4) is 0 Å². The monoisotopic (exact) mass is 236 g/mol. The molecule has 0 aromatic carbocycles. The van der Waals surface area contributed by atoms with Crippen LogP contribution in [0.15, 0.2) is 12.4 Å². The van der Waals surface area contributed by atoms with Crippen LogP contribution in [-0.2, 0) is 5.41 Å². The molecule has 1 aromatic heterocycles. The Bertz CT molecular complexity index is 341. The van der Waals surface area contributed by atoms with Crippen molar-refractivity contribution in [3.05, 3.63) is 18.1 Å². The standard InChI is InChI=1S/C14H24N2O/c1-5-7-8-9-14(3,6-2)12-10-15-11-13(16-12)17-4/h10-11H,5-9H2,1-4H3. The predicted octanol–water partition coefficient (Wildman–Crippen LogP) is 3.73. The lowest BCUT2D eigenvalue weighted by Crippen LogP contribution is -2.22. The molecule has 0 fully saturated rings. The van der Waals surface area contributed by atoms with E-state index >= 15 is 0 Å². The van der Waals surface area contributed by atoms with Crippen LogP contribution in [0, 0.1) is 0 Å². The maximum absolute atomic E-state index is 5.15. The number of aromatic nitrogens is 2. The minimum absolute atomic E-state index is 0.122. The summed E-state index contributed by atoms with van der Waals surface area (Å²) in [6.45, 7) is 6.72. The molecule has 0 spiro atoms. The highest BCUT2D eigenvalue weighted by Crippen LogP contribution is 2.32. The van der Waals surface area contributed by atoms with Crippen LogP contribution in [0.1, 0.15) is 58.6 Å². The van der Waals surface area contributed by atoms with Gasteiger partial charge in [-0.3, -0.25) is 4.98 Å². The number of nitrogens with zero attached hydrogens (tertiary/aromatic N) is 2. The zero-order valence-corrected chi connectivity index (χ0v) is 11.5. The summed E-state index contributed by atoms with van der Waals surface area (Å²) in [6.07, 6.45) is 9.57. The molecular formula is C14H24N2O. The van der Waals surface area contributed by atoms with Crippen molar-refractivity contribution in [2.24, 2.45) is 0 Å². The van der Waals surface area contributed by atoms with E-state index in [0.717, 1.165) is 12.1 Å². The third-order valence-electron chi connectivity index (χ3n) is 3.55. The summed E-state index contributed by atoms with van der Waals surface area (Å²) >= 11 is 0. The quantitative estimate of drug-likeness (QED) is 0.676. The molecule has 3 heteroatoms. The summed E-state index contributed by atoms with van der Waals surface area (Å²) in [4.78, 5) is 8.74. The van der Waals surface area contributed by atoms with Crippen molar-refractivity contribution in [2.45, 2.75) is 58.3 Å². The molecule has 0 aliphatic rings. The lowest BCUT2D eigenvalue weighted by atomic mass is 9.79. The van der Waals surface area contributed by atoms with Crippen molar-refractivity contribution in [1.82, 2.24) is 9.97 Å². The summed E-state index contributed by atoms with van der Waals surface area (Å²) in [5, 5.41) is 0. The fourth-order valence-corrected chi connectivity index (χ4v) is 1.99. The Morgan fingerprint density at radius 1 is 1.24 bits per heavy atom. The average Bonchev–Trinajstić information content (AvgIpc) is 2.39. The minimum atomic E-state index is 0.122. The van der Waals surface area contributed by atoms with Crippen molar-refractivity contribution < 1.29 is 4.74 Å². The SMILES string of the molecule is CCCCCC(C)(CC)c1cncc(OC)n1. The molecule has 0 radical (unpaired) electrons. The van der Waals surface area contributed by atoms with Gasteiger partial charge >= 0.3 is 0 Å². The van der Waals surface area contributed by atoms with E-state index in [1.54, 1.807) is 13.3 Å². The Hall–Kier alpha value is -1.12. The normalized spacial score (nSPS) is 14.4. The van der Waals surface area contributed by atoms with Crippen LogP contribution >= 0.6 is 0 Å². The largest absolute Gasteiger partial charge is 0.480 e. The first kappa shape index (κ1) is 13.9. The van der Waals surface area contributed by atoms with Crippen molar-refractivity contribution in [3.8, 4) is 5.88 Å². The molecule has 0 saturated heterocycles. The maximum Gasteiger partial charge on any atom is 0.232 e. The fraction of sp³-hybridized carbons (Fsp3) is 0.714. The lowest BCUT2D eigenvalue weighted by molar-refractivity contribution is 0.362. The van der Waals surface area contributed by atoms with E-state index < -0.39 is 0 Å². The van der Waals surface area contributed by atoms with Gasteiger partial charge in [-0.2, -0.15) is 0 Å². The molecule has 1 unspecified atom stereocenters. The molecule has 0 saturated carbocycles. The fourth-order valence-electron chi connectivity index (χ4n) is 1.99. The molecule has 0 bridgehead atoms. The lowest BCUT2D eigenvalue weighted by Gasteiger charge is -2.27.